The molecule has 0 saturated carbocycles. The molecule has 1 atom stereocenters. The Morgan fingerprint density at radius 2 is 2.11 bits per heavy atom. The van der Waals surface area contributed by atoms with E-state index < -0.39 is 17.9 Å². The highest BCUT2D eigenvalue weighted by molar-refractivity contribution is 6.01. The Labute approximate surface area is 105 Å². The van der Waals surface area contributed by atoms with Crippen molar-refractivity contribution in [2.24, 2.45) is 4.99 Å². The van der Waals surface area contributed by atoms with Gasteiger partial charge in [-0.3, -0.25) is 0 Å². The molecule has 0 aromatic heterocycles. The molecule has 1 aliphatic heterocycles. The van der Waals surface area contributed by atoms with E-state index in [1.54, 1.807) is 24.3 Å². The third-order valence-electron chi connectivity index (χ3n) is 2.92. The topological polar surface area (TPSA) is 44.6 Å². The number of benzene rings is 1. The SMILES string of the molecule is CCCCC(F)(F)C1=Nc2ccccc2NC1O. The standard InChI is InChI=1S/C13H16F2N2O/c1-2-3-8-13(14,15)11-12(18)17-10-7-5-4-6-9(10)16-11/h4-7,12,17-18H,2-3,8H2,1H3. The van der Waals surface area contributed by atoms with E-state index in [2.05, 4.69) is 10.3 Å². The van der Waals surface area contributed by atoms with Crippen molar-refractivity contribution in [3.05, 3.63) is 24.3 Å². The molecule has 3 nitrogen and oxygen atoms in total. The van der Waals surface area contributed by atoms with Gasteiger partial charge in [-0.2, -0.15) is 8.78 Å². The Balaban J connectivity index is 2.30. The Hall–Kier alpha value is -1.49. The van der Waals surface area contributed by atoms with E-state index in [0.717, 1.165) is 0 Å². The van der Waals surface area contributed by atoms with Crippen molar-refractivity contribution in [1.29, 1.82) is 0 Å². The second-order valence-electron chi connectivity index (χ2n) is 4.37. The molecule has 1 aromatic rings. The number of aliphatic hydroxyl groups is 1. The summed E-state index contributed by atoms with van der Waals surface area (Å²) in [5.41, 5.74) is 0.517. The molecule has 2 N–H and O–H groups in total. The molecule has 1 unspecified atom stereocenters. The molecule has 5 heteroatoms. The molecule has 0 aliphatic carbocycles. The normalized spacial score (nSPS) is 18.9. The Bertz CT molecular complexity index is 460. The van der Waals surface area contributed by atoms with Crippen LogP contribution in [0.15, 0.2) is 29.3 Å². The van der Waals surface area contributed by atoms with E-state index >= 15 is 0 Å². The lowest BCUT2D eigenvalue weighted by Crippen LogP contribution is -2.43. The lowest BCUT2D eigenvalue weighted by molar-refractivity contribution is 0.0536. The second-order valence-corrected chi connectivity index (χ2v) is 4.37. The number of fused-ring (bicyclic) bond motifs is 1. The summed E-state index contributed by atoms with van der Waals surface area (Å²) in [5, 5.41) is 12.4. The highest BCUT2D eigenvalue weighted by Crippen LogP contribution is 2.34. The highest BCUT2D eigenvalue weighted by atomic mass is 19.3. The molecule has 0 radical (unpaired) electrons. The van der Waals surface area contributed by atoms with Crippen molar-refractivity contribution in [3.63, 3.8) is 0 Å². The van der Waals surface area contributed by atoms with E-state index in [9.17, 15) is 13.9 Å². The highest BCUT2D eigenvalue weighted by Gasteiger charge is 2.41. The first kappa shape index (κ1) is 13.0. The van der Waals surface area contributed by atoms with Gasteiger partial charge in [0.05, 0.1) is 11.4 Å². The number of unbranched alkanes of at least 4 members (excludes halogenated alkanes) is 1. The fourth-order valence-corrected chi connectivity index (χ4v) is 1.91. The molecule has 0 fully saturated rings. The largest absolute Gasteiger partial charge is 0.368 e. The molecule has 0 amide bonds. The number of aliphatic hydroxyl groups excluding tert-OH is 1. The van der Waals surface area contributed by atoms with Crippen LogP contribution in [0, 0.1) is 0 Å². The zero-order valence-corrected chi connectivity index (χ0v) is 10.2. The van der Waals surface area contributed by atoms with Gasteiger partial charge >= 0.3 is 0 Å². The summed E-state index contributed by atoms with van der Waals surface area (Å²) in [7, 11) is 0. The van der Waals surface area contributed by atoms with Crippen LogP contribution in [0.5, 0.6) is 0 Å². The van der Waals surface area contributed by atoms with Crippen molar-refractivity contribution in [3.8, 4) is 0 Å². The predicted octanol–water partition coefficient (Wildman–Crippen LogP) is 3.33. The number of halogens is 2. The predicted molar refractivity (Wildman–Crippen MR) is 67.6 cm³/mol. The number of para-hydroxylation sites is 2. The molecular weight excluding hydrogens is 238 g/mol. The molecule has 1 aromatic carbocycles. The van der Waals surface area contributed by atoms with Crippen molar-refractivity contribution in [1.82, 2.24) is 0 Å². The smallest absolute Gasteiger partial charge is 0.290 e. The minimum absolute atomic E-state index is 0.288. The fraction of sp³-hybridized carbons (Fsp3) is 0.462. The van der Waals surface area contributed by atoms with Gasteiger partial charge in [-0.15, -0.1) is 0 Å². The van der Waals surface area contributed by atoms with Gasteiger partial charge < -0.3 is 10.4 Å². The van der Waals surface area contributed by atoms with Crippen molar-refractivity contribution in [2.45, 2.75) is 38.3 Å². The zero-order valence-electron chi connectivity index (χ0n) is 10.2. The van der Waals surface area contributed by atoms with E-state index in [0.29, 0.717) is 24.2 Å². The van der Waals surface area contributed by atoms with Gasteiger partial charge in [0.2, 0.25) is 0 Å². The van der Waals surface area contributed by atoms with Crippen LogP contribution < -0.4 is 5.32 Å². The Kier molecular flexibility index (Phi) is 3.61. The summed E-state index contributed by atoms with van der Waals surface area (Å²) < 4.78 is 27.8. The van der Waals surface area contributed by atoms with Crippen LogP contribution in [0.1, 0.15) is 26.2 Å². The summed E-state index contributed by atoms with van der Waals surface area (Å²) in [6.07, 6.45) is -0.626. The van der Waals surface area contributed by atoms with Crippen molar-refractivity contribution >= 4 is 17.1 Å². The first-order valence-corrected chi connectivity index (χ1v) is 6.05. The number of hydrogen-bond donors (Lipinski definition) is 2. The molecule has 2 rings (SSSR count). The van der Waals surface area contributed by atoms with Crippen LogP contribution in [0.25, 0.3) is 0 Å². The van der Waals surface area contributed by atoms with Crippen molar-refractivity contribution < 1.29 is 13.9 Å². The lowest BCUT2D eigenvalue weighted by atomic mass is 10.0. The van der Waals surface area contributed by atoms with Crippen LogP contribution in [-0.4, -0.2) is 23.0 Å². The monoisotopic (exact) mass is 254 g/mol. The second kappa shape index (κ2) is 5.02. The molecule has 0 spiro atoms. The maximum absolute atomic E-state index is 13.9. The summed E-state index contributed by atoms with van der Waals surface area (Å²) >= 11 is 0. The van der Waals surface area contributed by atoms with Gasteiger partial charge in [-0.1, -0.05) is 25.5 Å². The maximum atomic E-state index is 13.9. The van der Waals surface area contributed by atoms with Crippen LogP contribution in [-0.2, 0) is 0 Å². The zero-order chi connectivity index (χ0) is 13.2. The third kappa shape index (κ3) is 2.51. The Morgan fingerprint density at radius 1 is 1.39 bits per heavy atom. The molecule has 1 heterocycles. The fourth-order valence-electron chi connectivity index (χ4n) is 1.91. The van der Waals surface area contributed by atoms with Gasteiger partial charge in [0, 0.05) is 6.42 Å². The molecule has 1 aliphatic rings. The van der Waals surface area contributed by atoms with Crippen LogP contribution >= 0.6 is 0 Å². The summed E-state index contributed by atoms with van der Waals surface area (Å²) in [6.45, 7) is 1.85. The summed E-state index contributed by atoms with van der Waals surface area (Å²) in [5.74, 6) is -3.07. The van der Waals surface area contributed by atoms with Gasteiger partial charge in [0.1, 0.15) is 5.71 Å². The average Bonchev–Trinajstić information content (AvgIpc) is 2.35. The number of aliphatic imine (C=N–C) groups is 1. The molecular formula is C13H16F2N2O. The number of nitrogens with one attached hydrogen (secondary N) is 1. The van der Waals surface area contributed by atoms with Crippen LogP contribution in [0.4, 0.5) is 20.2 Å². The summed E-state index contributed by atoms with van der Waals surface area (Å²) in [6, 6.07) is 6.82. The lowest BCUT2D eigenvalue weighted by Gasteiger charge is -2.28. The van der Waals surface area contributed by atoms with E-state index in [1.165, 1.54) is 0 Å². The van der Waals surface area contributed by atoms with Crippen molar-refractivity contribution in [2.75, 3.05) is 5.32 Å². The molecule has 0 bridgehead atoms. The van der Waals surface area contributed by atoms with E-state index in [-0.39, 0.29) is 6.42 Å². The van der Waals surface area contributed by atoms with E-state index in [4.69, 9.17) is 0 Å². The first-order chi connectivity index (χ1) is 8.54. The van der Waals surface area contributed by atoms with Crippen LogP contribution in [0.2, 0.25) is 0 Å². The maximum Gasteiger partial charge on any atom is 0.290 e. The quantitative estimate of drug-likeness (QED) is 0.865. The summed E-state index contributed by atoms with van der Waals surface area (Å²) in [4.78, 5) is 3.91. The minimum atomic E-state index is -3.07. The molecule has 98 valence electrons. The molecule has 18 heavy (non-hydrogen) atoms. The molecule has 0 saturated heterocycles. The Morgan fingerprint density at radius 3 is 2.83 bits per heavy atom. The minimum Gasteiger partial charge on any atom is -0.368 e. The van der Waals surface area contributed by atoms with Gasteiger partial charge in [0.15, 0.2) is 6.23 Å². The van der Waals surface area contributed by atoms with Gasteiger partial charge in [-0.05, 0) is 18.6 Å². The average molecular weight is 254 g/mol. The number of alkyl halides is 2. The van der Waals surface area contributed by atoms with Gasteiger partial charge in [-0.25, -0.2) is 4.99 Å². The number of nitrogens with zero attached hydrogens (tertiary/aromatic N) is 1. The van der Waals surface area contributed by atoms with Gasteiger partial charge in [0.25, 0.3) is 5.92 Å². The van der Waals surface area contributed by atoms with E-state index in [1.807, 2.05) is 6.92 Å². The number of hydrogen-bond acceptors (Lipinski definition) is 3. The van der Waals surface area contributed by atoms with Crippen LogP contribution in [0.3, 0.4) is 0 Å². The number of rotatable bonds is 4. The third-order valence-corrected chi connectivity index (χ3v) is 2.92. The first-order valence-electron chi connectivity index (χ1n) is 6.05. The number of anilines is 1.